The van der Waals surface area contributed by atoms with Crippen LogP contribution in [0.25, 0.3) is 0 Å². The molecule has 0 heterocycles. The fraction of sp³-hybridized carbons (Fsp3) is 0.429. The van der Waals surface area contributed by atoms with E-state index in [0.717, 1.165) is 70.5 Å². The van der Waals surface area contributed by atoms with Crippen molar-refractivity contribution in [3.05, 3.63) is 95.6 Å². The summed E-state index contributed by atoms with van der Waals surface area (Å²) in [5, 5.41) is 0. The van der Waals surface area contributed by atoms with Gasteiger partial charge in [0.15, 0.2) is 0 Å². The molecule has 2 aromatic rings. The van der Waals surface area contributed by atoms with Crippen molar-refractivity contribution < 1.29 is 9.47 Å². The molecule has 1 saturated carbocycles. The Balaban J connectivity index is 1.38. The smallest absolute Gasteiger partial charge is 0.0550 e. The molecule has 0 spiro atoms. The van der Waals surface area contributed by atoms with Gasteiger partial charge in [0.25, 0.3) is 0 Å². The number of ether oxygens (including phenoxy) is 2. The minimum atomic E-state index is 0.140. The number of allylic oxidation sites excluding steroid dienone is 3. The van der Waals surface area contributed by atoms with Crippen LogP contribution in [-0.4, -0.2) is 26.4 Å². The fourth-order valence-electron chi connectivity index (χ4n) is 4.23. The second kappa shape index (κ2) is 11.9. The van der Waals surface area contributed by atoms with E-state index < -0.39 is 0 Å². The molecule has 3 rings (SSSR count). The third kappa shape index (κ3) is 7.59. The molecule has 30 heavy (non-hydrogen) atoms. The monoisotopic (exact) mass is 404 g/mol. The van der Waals surface area contributed by atoms with Crippen molar-refractivity contribution in [3.8, 4) is 0 Å². The number of aryl methyl sites for hydroxylation is 2. The van der Waals surface area contributed by atoms with Gasteiger partial charge in [0.05, 0.1) is 13.2 Å². The number of benzene rings is 2. The van der Waals surface area contributed by atoms with E-state index in [1.54, 1.807) is 0 Å². The van der Waals surface area contributed by atoms with Crippen molar-refractivity contribution in [2.24, 2.45) is 5.41 Å². The Kier molecular flexibility index (Phi) is 8.92. The van der Waals surface area contributed by atoms with Crippen LogP contribution in [0, 0.1) is 5.41 Å². The molecule has 160 valence electrons. The summed E-state index contributed by atoms with van der Waals surface area (Å²) < 4.78 is 12.2. The summed E-state index contributed by atoms with van der Waals surface area (Å²) in [5.74, 6) is 0. The summed E-state index contributed by atoms with van der Waals surface area (Å²) in [6, 6.07) is 21.3. The Hall–Kier alpha value is -2.16. The van der Waals surface area contributed by atoms with Crippen LogP contribution in [0.1, 0.15) is 43.7 Å². The van der Waals surface area contributed by atoms with Gasteiger partial charge in [-0.25, -0.2) is 0 Å². The predicted molar refractivity (Wildman–Crippen MR) is 126 cm³/mol. The van der Waals surface area contributed by atoms with Crippen LogP contribution in [-0.2, 0) is 22.3 Å². The maximum Gasteiger partial charge on any atom is 0.0550 e. The number of hydrogen-bond donors (Lipinski definition) is 0. The van der Waals surface area contributed by atoms with Crippen LogP contribution < -0.4 is 0 Å². The van der Waals surface area contributed by atoms with Gasteiger partial charge < -0.3 is 9.47 Å². The predicted octanol–water partition coefficient (Wildman–Crippen LogP) is 6.57. The molecule has 0 unspecified atom stereocenters. The van der Waals surface area contributed by atoms with E-state index in [9.17, 15) is 0 Å². The molecular weight excluding hydrogens is 368 g/mol. The highest BCUT2D eigenvalue weighted by molar-refractivity contribution is 5.27. The molecule has 0 aliphatic heterocycles. The Labute approximate surface area is 182 Å². The topological polar surface area (TPSA) is 18.5 Å². The first-order chi connectivity index (χ1) is 14.7. The van der Waals surface area contributed by atoms with Crippen LogP contribution >= 0.6 is 0 Å². The normalized spacial score (nSPS) is 14.9. The summed E-state index contributed by atoms with van der Waals surface area (Å²) in [6.07, 6.45) is 8.63. The quantitative estimate of drug-likeness (QED) is 0.352. The van der Waals surface area contributed by atoms with Gasteiger partial charge in [0.2, 0.25) is 0 Å². The summed E-state index contributed by atoms with van der Waals surface area (Å²) in [4.78, 5) is 0. The van der Waals surface area contributed by atoms with Crippen LogP contribution in [0.4, 0.5) is 0 Å². The van der Waals surface area contributed by atoms with Crippen LogP contribution in [0.15, 0.2) is 84.5 Å². The average Bonchev–Trinajstić information content (AvgIpc) is 2.73. The van der Waals surface area contributed by atoms with E-state index in [2.05, 4.69) is 80.2 Å². The fourth-order valence-corrected chi connectivity index (χ4v) is 4.23. The van der Waals surface area contributed by atoms with E-state index in [0.29, 0.717) is 0 Å². The Morgan fingerprint density at radius 2 is 1.30 bits per heavy atom. The van der Waals surface area contributed by atoms with Crippen molar-refractivity contribution in [1.82, 2.24) is 0 Å². The highest BCUT2D eigenvalue weighted by Gasteiger charge is 2.41. The third-order valence-corrected chi connectivity index (χ3v) is 5.67. The molecule has 0 N–H and O–H groups in total. The maximum atomic E-state index is 6.11. The lowest BCUT2D eigenvalue weighted by atomic mass is 9.66. The summed E-state index contributed by atoms with van der Waals surface area (Å²) >= 11 is 0. The molecule has 0 bridgehead atoms. The van der Waals surface area contributed by atoms with Gasteiger partial charge in [-0.05, 0) is 56.6 Å². The van der Waals surface area contributed by atoms with Gasteiger partial charge in [-0.15, -0.1) is 0 Å². The van der Waals surface area contributed by atoms with E-state index >= 15 is 0 Å². The first-order valence-corrected chi connectivity index (χ1v) is 11.2. The molecule has 2 nitrogen and oxygen atoms in total. The lowest BCUT2D eigenvalue weighted by molar-refractivity contribution is -0.0448. The zero-order chi connectivity index (χ0) is 21.1. The lowest BCUT2D eigenvalue weighted by Gasteiger charge is -2.43. The molecule has 0 aromatic heterocycles. The first kappa shape index (κ1) is 22.5. The number of hydrogen-bond acceptors (Lipinski definition) is 2. The standard InChI is InChI=1S/C28H36O2/c1-24(2)19-27-20-28(21-27,22-29-17-9-15-25-11-5-3-6-12-25)23-30-18-10-16-26-13-7-4-8-14-26/h3-8,11-14,19H,1,9-10,15-18,20-23H2,2H3. The molecule has 0 radical (unpaired) electrons. The SMILES string of the molecule is C=C(C)C=C1CC(COCCCc2ccccc2)(COCCCc2ccccc2)C1. The van der Waals surface area contributed by atoms with Crippen molar-refractivity contribution in [1.29, 1.82) is 0 Å². The minimum absolute atomic E-state index is 0.140. The highest BCUT2D eigenvalue weighted by atomic mass is 16.5. The highest BCUT2D eigenvalue weighted by Crippen LogP contribution is 2.46. The van der Waals surface area contributed by atoms with Gasteiger partial charge in [-0.2, -0.15) is 0 Å². The Morgan fingerprint density at radius 1 is 0.833 bits per heavy atom. The van der Waals surface area contributed by atoms with Crippen molar-refractivity contribution in [2.45, 2.75) is 45.4 Å². The Bertz CT molecular complexity index is 732. The van der Waals surface area contributed by atoms with E-state index in [-0.39, 0.29) is 5.41 Å². The molecule has 2 heteroatoms. The van der Waals surface area contributed by atoms with E-state index in [1.807, 2.05) is 0 Å². The second-order valence-electron chi connectivity index (χ2n) is 8.79. The van der Waals surface area contributed by atoms with Crippen LogP contribution in [0.5, 0.6) is 0 Å². The molecular formula is C28H36O2. The second-order valence-corrected chi connectivity index (χ2v) is 8.79. The summed E-state index contributed by atoms with van der Waals surface area (Å²) in [6.45, 7) is 9.27. The summed E-state index contributed by atoms with van der Waals surface area (Å²) in [7, 11) is 0. The van der Waals surface area contributed by atoms with E-state index in [1.165, 1.54) is 16.7 Å². The van der Waals surface area contributed by atoms with Crippen molar-refractivity contribution >= 4 is 0 Å². The molecule has 1 aliphatic rings. The zero-order valence-corrected chi connectivity index (χ0v) is 18.4. The minimum Gasteiger partial charge on any atom is -0.381 e. The molecule has 0 atom stereocenters. The molecule has 1 aliphatic carbocycles. The zero-order valence-electron chi connectivity index (χ0n) is 18.4. The average molecular weight is 405 g/mol. The Morgan fingerprint density at radius 3 is 1.73 bits per heavy atom. The van der Waals surface area contributed by atoms with Gasteiger partial charge in [0, 0.05) is 18.6 Å². The van der Waals surface area contributed by atoms with E-state index in [4.69, 9.17) is 9.47 Å². The molecule has 2 aromatic carbocycles. The largest absolute Gasteiger partial charge is 0.381 e. The molecule has 0 amide bonds. The van der Waals surface area contributed by atoms with Gasteiger partial charge in [0.1, 0.15) is 0 Å². The number of rotatable bonds is 13. The molecule has 1 fully saturated rings. The molecule has 0 saturated heterocycles. The lowest BCUT2D eigenvalue weighted by Crippen LogP contribution is -2.41. The summed E-state index contributed by atoms with van der Waals surface area (Å²) in [5.41, 5.74) is 5.51. The maximum absolute atomic E-state index is 6.11. The van der Waals surface area contributed by atoms with Gasteiger partial charge in [-0.3, -0.25) is 0 Å². The first-order valence-electron chi connectivity index (χ1n) is 11.2. The van der Waals surface area contributed by atoms with Gasteiger partial charge in [-0.1, -0.05) is 84.5 Å². The van der Waals surface area contributed by atoms with Crippen LogP contribution in [0.3, 0.4) is 0 Å². The van der Waals surface area contributed by atoms with Crippen LogP contribution in [0.2, 0.25) is 0 Å². The van der Waals surface area contributed by atoms with Crippen molar-refractivity contribution in [2.75, 3.05) is 26.4 Å². The van der Waals surface area contributed by atoms with Gasteiger partial charge >= 0.3 is 0 Å². The third-order valence-electron chi connectivity index (χ3n) is 5.67. The van der Waals surface area contributed by atoms with Crippen molar-refractivity contribution in [3.63, 3.8) is 0 Å².